The van der Waals surface area contributed by atoms with Crippen LogP contribution in [0.2, 0.25) is 0 Å². The Hall–Kier alpha value is -2.12. The molecular weight excluding hydrogens is 328 g/mol. The summed E-state index contributed by atoms with van der Waals surface area (Å²) < 4.78 is 38.3. The van der Waals surface area contributed by atoms with Crippen LogP contribution >= 0.6 is 0 Å². The third-order valence-corrected chi connectivity index (χ3v) is 6.27. The number of ether oxygens (including phenoxy) is 2. The summed E-state index contributed by atoms with van der Waals surface area (Å²) in [6.45, 7) is 1.87. The number of nitrogens with zero attached hydrogens (tertiary/aromatic N) is 2. The zero-order chi connectivity index (χ0) is 16.6. The molecule has 6 nitrogen and oxygen atoms in total. The summed E-state index contributed by atoms with van der Waals surface area (Å²) in [7, 11) is -3.54. The van der Waals surface area contributed by atoms with Crippen LogP contribution in [0.15, 0.2) is 47.5 Å². The average Bonchev–Trinajstić information content (AvgIpc) is 3.13. The molecule has 1 aromatic carbocycles. The van der Waals surface area contributed by atoms with Gasteiger partial charge in [-0.3, -0.25) is 4.98 Å². The fraction of sp³-hybridized carbons (Fsp3) is 0.353. The van der Waals surface area contributed by atoms with E-state index in [1.807, 2.05) is 18.2 Å². The Kier molecular flexibility index (Phi) is 3.90. The molecule has 1 saturated heterocycles. The van der Waals surface area contributed by atoms with Gasteiger partial charge in [0.2, 0.25) is 10.0 Å². The minimum atomic E-state index is -3.54. The minimum absolute atomic E-state index is 0.137. The zero-order valence-electron chi connectivity index (χ0n) is 13.1. The molecule has 0 bridgehead atoms. The molecule has 1 fully saturated rings. The fourth-order valence-electron chi connectivity index (χ4n) is 3.14. The summed E-state index contributed by atoms with van der Waals surface area (Å²) in [5.41, 5.74) is 0.942. The zero-order valence-corrected chi connectivity index (χ0v) is 13.9. The fourth-order valence-corrected chi connectivity index (χ4v) is 4.65. The molecule has 24 heavy (non-hydrogen) atoms. The van der Waals surface area contributed by atoms with E-state index in [9.17, 15) is 8.42 Å². The van der Waals surface area contributed by atoms with Crippen molar-refractivity contribution in [1.82, 2.24) is 9.29 Å². The van der Waals surface area contributed by atoms with Gasteiger partial charge in [-0.15, -0.1) is 0 Å². The highest BCUT2D eigenvalue weighted by Crippen LogP contribution is 2.35. The summed E-state index contributed by atoms with van der Waals surface area (Å²) in [4.78, 5) is 4.59. The van der Waals surface area contributed by atoms with Gasteiger partial charge in [0.1, 0.15) is 13.2 Å². The van der Waals surface area contributed by atoms with E-state index >= 15 is 0 Å². The highest BCUT2D eigenvalue weighted by Gasteiger charge is 2.34. The maximum Gasteiger partial charge on any atom is 0.243 e. The summed E-state index contributed by atoms with van der Waals surface area (Å²) >= 11 is 0. The van der Waals surface area contributed by atoms with E-state index in [2.05, 4.69) is 4.98 Å². The number of fused-ring (bicyclic) bond motifs is 1. The second-order valence-corrected chi connectivity index (χ2v) is 7.85. The van der Waals surface area contributed by atoms with Crippen molar-refractivity contribution in [3.8, 4) is 11.5 Å². The quantitative estimate of drug-likeness (QED) is 0.851. The third kappa shape index (κ3) is 2.74. The van der Waals surface area contributed by atoms with Gasteiger partial charge in [-0.1, -0.05) is 6.07 Å². The molecule has 3 heterocycles. The lowest BCUT2D eigenvalue weighted by Gasteiger charge is -2.21. The highest BCUT2D eigenvalue weighted by molar-refractivity contribution is 7.89. The Morgan fingerprint density at radius 1 is 1.08 bits per heavy atom. The van der Waals surface area contributed by atoms with Crippen molar-refractivity contribution in [3.63, 3.8) is 0 Å². The van der Waals surface area contributed by atoms with Crippen molar-refractivity contribution >= 4 is 10.0 Å². The first-order chi connectivity index (χ1) is 11.6. The van der Waals surface area contributed by atoms with Gasteiger partial charge in [0.25, 0.3) is 0 Å². The largest absolute Gasteiger partial charge is 0.486 e. The molecule has 0 radical (unpaired) electrons. The highest BCUT2D eigenvalue weighted by atomic mass is 32.2. The molecule has 0 saturated carbocycles. The van der Waals surface area contributed by atoms with Gasteiger partial charge in [-0.05, 0) is 30.7 Å². The third-order valence-electron chi connectivity index (χ3n) is 4.41. The maximum absolute atomic E-state index is 12.9. The van der Waals surface area contributed by atoms with Crippen LogP contribution in [-0.4, -0.2) is 44.0 Å². The van der Waals surface area contributed by atoms with Crippen LogP contribution in [0.3, 0.4) is 0 Å². The van der Waals surface area contributed by atoms with Crippen molar-refractivity contribution in [2.24, 2.45) is 0 Å². The number of rotatable bonds is 3. The molecule has 2 aromatic rings. The van der Waals surface area contributed by atoms with Crippen LogP contribution in [0.5, 0.6) is 11.5 Å². The predicted molar refractivity (Wildman–Crippen MR) is 87.8 cm³/mol. The van der Waals surface area contributed by atoms with Gasteiger partial charge in [0.15, 0.2) is 11.5 Å². The second kappa shape index (κ2) is 6.07. The maximum atomic E-state index is 12.9. The molecule has 0 amide bonds. The average molecular weight is 346 g/mol. The molecule has 1 aromatic heterocycles. The van der Waals surface area contributed by atoms with Crippen molar-refractivity contribution < 1.29 is 17.9 Å². The minimum Gasteiger partial charge on any atom is -0.486 e. The van der Waals surface area contributed by atoms with E-state index < -0.39 is 10.0 Å². The summed E-state index contributed by atoms with van der Waals surface area (Å²) in [6, 6.07) is 10.5. The molecule has 2 aliphatic rings. The van der Waals surface area contributed by atoms with Crippen LogP contribution in [-0.2, 0) is 10.0 Å². The monoisotopic (exact) mass is 346 g/mol. The van der Waals surface area contributed by atoms with Crippen LogP contribution in [0.25, 0.3) is 0 Å². The molecule has 0 N–H and O–H groups in total. The number of pyridine rings is 1. The predicted octanol–water partition coefficient (Wildman–Crippen LogP) is 2.03. The van der Waals surface area contributed by atoms with Crippen LogP contribution < -0.4 is 9.47 Å². The Labute approximate surface area is 141 Å². The first-order valence-corrected chi connectivity index (χ1v) is 9.39. The molecule has 126 valence electrons. The molecule has 7 heteroatoms. The van der Waals surface area contributed by atoms with E-state index in [1.165, 1.54) is 4.31 Å². The first-order valence-electron chi connectivity index (χ1n) is 7.95. The number of hydrogen-bond acceptors (Lipinski definition) is 5. The lowest BCUT2D eigenvalue weighted by atomic mass is 10.0. The van der Waals surface area contributed by atoms with E-state index in [1.54, 1.807) is 24.4 Å². The molecule has 2 aliphatic heterocycles. The lowest BCUT2D eigenvalue weighted by Crippen LogP contribution is -2.29. The smallest absolute Gasteiger partial charge is 0.243 e. The van der Waals surface area contributed by atoms with Crippen LogP contribution in [0.4, 0.5) is 0 Å². The Balaban J connectivity index is 1.57. The van der Waals surface area contributed by atoms with E-state index in [-0.39, 0.29) is 10.8 Å². The summed E-state index contributed by atoms with van der Waals surface area (Å²) in [5.74, 6) is 1.22. The lowest BCUT2D eigenvalue weighted by molar-refractivity contribution is 0.171. The van der Waals surface area contributed by atoms with Crippen molar-refractivity contribution in [3.05, 3.63) is 48.3 Å². The van der Waals surface area contributed by atoms with Crippen molar-refractivity contribution in [2.75, 3.05) is 26.3 Å². The van der Waals surface area contributed by atoms with E-state index in [0.717, 1.165) is 12.1 Å². The van der Waals surface area contributed by atoms with Crippen molar-refractivity contribution in [1.29, 1.82) is 0 Å². The molecule has 4 rings (SSSR count). The Bertz CT molecular complexity index is 839. The number of hydrogen-bond donors (Lipinski definition) is 0. The number of benzene rings is 1. The Morgan fingerprint density at radius 3 is 2.71 bits per heavy atom. The van der Waals surface area contributed by atoms with E-state index in [0.29, 0.717) is 37.8 Å². The van der Waals surface area contributed by atoms with Gasteiger partial charge in [0, 0.05) is 37.0 Å². The SMILES string of the molecule is O=S(=O)(c1ccc2c(c1)OCCO2)N1CC[C@H](c2ccccn2)C1. The standard InChI is InChI=1S/C17H18N2O4S/c20-24(21,14-4-5-16-17(11-14)23-10-9-22-16)19-8-6-13(12-19)15-3-1-2-7-18-15/h1-5,7,11,13H,6,8-10,12H2/t13-/m0/s1. The molecular formula is C17H18N2O4S. The van der Waals surface area contributed by atoms with Gasteiger partial charge in [0.05, 0.1) is 4.90 Å². The van der Waals surface area contributed by atoms with Gasteiger partial charge in [-0.25, -0.2) is 8.42 Å². The molecule has 0 unspecified atom stereocenters. The normalized spacial score (nSPS) is 20.9. The first kappa shape index (κ1) is 15.4. The van der Waals surface area contributed by atoms with E-state index in [4.69, 9.17) is 9.47 Å². The van der Waals surface area contributed by atoms with Gasteiger partial charge >= 0.3 is 0 Å². The second-order valence-electron chi connectivity index (χ2n) is 5.91. The summed E-state index contributed by atoms with van der Waals surface area (Å²) in [6.07, 6.45) is 2.52. The Morgan fingerprint density at radius 2 is 1.92 bits per heavy atom. The number of aromatic nitrogens is 1. The van der Waals surface area contributed by atoms with Gasteiger partial charge in [-0.2, -0.15) is 4.31 Å². The van der Waals surface area contributed by atoms with Crippen molar-refractivity contribution in [2.45, 2.75) is 17.2 Å². The molecule has 1 atom stereocenters. The molecule has 0 aliphatic carbocycles. The van der Waals surface area contributed by atoms with Crippen LogP contribution in [0.1, 0.15) is 18.0 Å². The van der Waals surface area contributed by atoms with Gasteiger partial charge < -0.3 is 9.47 Å². The number of sulfonamides is 1. The summed E-state index contributed by atoms with van der Waals surface area (Å²) in [5, 5.41) is 0. The van der Waals surface area contributed by atoms with Crippen LogP contribution in [0, 0.1) is 0 Å². The topological polar surface area (TPSA) is 68.7 Å². The molecule has 0 spiro atoms.